The zero-order chi connectivity index (χ0) is 25.4. The number of likely N-dealkylation sites (tertiary alicyclic amines) is 1. The van der Waals surface area contributed by atoms with Gasteiger partial charge in [0.25, 0.3) is 0 Å². The number of aromatic nitrogens is 4. The molecule has 2 aliphatic rings. The van der Waals surface area contributed by atoms with Crippen LogP contribution < -0.4 is 4.90 Å². The molecule has 5 rings (SSSR count). The first-order valence-electron chi connectivity index (χ1n) is 12.1. The van der Waals surface area contributed by atoms with Crippen molar-refractivity contribution in [3.8, 4) is 0 Å². The fourth-order valence-electron chi connectivity index (χ4n) is 4.92. The number of Topliss-reactive ketones (excluding diaryl/α,β-unsaturated/α-hetero) is 1. The summed E-state index contributed by atoms with van der Waals surface area (Å²) < 4.78 is 55.6. The summed E-state index contributed by atoms with van der Waals surface area (Å²) in [5.41, 5.74) is 0.451. The second kappa shape index (κ2) is 9.76. The number of anilines is 1. The maximum atomic E-state index is 14.9. The van der Waals surface area contributed by atoms with E-state index in [4.69, 9.17) is 0 Å². The van der Waals surface area contributed by atoms with Crippen LogP contribution in [0.15, 0.2) is 36.9 Å². The van der Waals surface area contributed by atoms with Gasteiger partial charge < -0.3 is 9.47 Å². The molecule has 3 aromatic heterocycles. The number of halogens is 4. The lowest BCUT2D eigenvalue weighted by atomic mass is 9.94. The minimum Gasteiger partial charge on any atom is -0.347 e. The first kappa shape index (κ1) is 24.6. The lowest BCUT2D eigenvalue weighted by Gasteiger charge is -2.34. The number of hydrogen-bond acceptors (Lipinski definition) is 6. The molecular weight excluding hydrogens is 476 g/mol. The average molecular weight is 505 g/mol. The van der Waals surface area contributed by atoms with Gasteiger partial charge in [0.15, 0.2) is 0 Å². The minimum atomic E-state index is -4.42. The summed E-state index contributed by atoms with van der Waals surface area (Å²) in [6, 6.07) is 4.60. The van der Waals surface area contributed by atoms with Crippen molar-refractivity contribution in [1.29, 1.82) is 0 Å². The summed E-state index contributed by atoms with van der Waals surface area (Å²) in [7, 11) is 0. The van der Waals surface area contributed by atoms with Crippen molar-refractivity contribution >= 4 is 22.6 Å². The predicted molar refractivity (Wildman–Crippen MR) is 126 cm³/mol. The Morgan fingerprint density at radius 1 is 1.14 bits per heavy atom. The summed E-state index contributed by atoms with van der Waals surface area (Å²) in [4.78, 5) is 28.3. The molecule has 2 atom stereocenters. The molecule has 36 heavy (non-hydrogen) atoms. The van der Waals surface area contributed by atoms with E-state index < -0.39 is 17.9 Å². The van der Waals surface area contributed by atoms with Crippen LogP contribution in [0.1, 0.15) is 37.4 Å². The number of piperidine rings is 1. The summed E-state index contributed by atoms with van der Waals surface area (Å²) in [5, 5.41) is 0.820. The molecule has 7 nitrogen and oxygen atoms in total. The maximum absolute atomic E-state index is 14.9. The Labute approximate surface area is 206 Å². The van der Waals surface area contributed by atoms with Gasteiger partial charge >= 0.3 is 6.18 Å². The SMILES string of the molecule is CC(=O)CN1CCC(Cn2ccc3c(N(Cc4ccc(C(F)(F)F)cn4)C4CC4)ncnc32)C(F)C1. The molecular formula is C25H28F4N6O. The number of pyridine rings is 1. The van der Waals surface area contributed by atoms with Gasteiger partial charge in [-0.15, -0.1) is 0 Å². The zero-order valence-electron chi connectivity index (χ0n) is 20.0. The molecule has 0 amide bonds. The van der Waals surface area contributed by atoms with Crippen LogP contribution in [-0.2, 0) is 24.1 Å². The van der Waals surface area contributed by atoms with E-state index in [1.54, 1.807) is 0 Å². The van der Waals surface area contributed by atoms with E-state index in [0.717, 1.165) is 30.5 Å². The van der Waals surface area contributed by atoms with Crippen molar-refractivity contribution in [1.82, 2.24) is 24.4 Å². The van der Waals surface area contributed by atoms with Crippen LogP contribution in [-0.4, -0.2) is 62.0 Å². The minimum absolute atomic E-state index is 0.0352. The lowest BCUT2D eigenvalue weighted by Crippen LogP contribution is -2.44. The Balaban J connectivity index is 1.34. The van der Waals surface area contributed by atoms with Gasteiger partial charge in [0.2, 0.25) is 0 Å². The predicted octanol–water partition coefficient (Wildman–Crippen LogP) is 4.26. The quantitative estimate of drug-likeness (QED) is 0.427. The molecule has 2 fully saturated rings. The van der Waals surface area contributed by atoms with Crippen LogP contribution in [0.2, 0.25) is 0 Å². The number of carbonyl (C=O) groups excluding carboxylic acids is 1. The van der Waals surface area contributed by atoms with Crippen molar-refractivity contribution in [2.24, 2.45) is 5.92 Å². The molecule has 1 aliphatic carbocycles. The molecule has 0 N–H and O–H groups in total. The van der Waals surface area contributed by atoms with Crippen LogP contribution in [0.4, 0.5) is 23.4 Å². The third-order valence-corrected chi connectivity index (χ3v) is 6.92. The van der Waals surface area contributed by atoms with Gasteiger partial charge in [-0.05, 0) is 50.9 Å². The molecule has 0 spiro atoms. The molecule has 0 radical (unpaired) electrons. The topological polar surface area (TPSA) is 67.2 Å². The van der Waals surface area contributed by atoms with Gasteiger partial charge in [-0.1, -0.05) is 0 Å². The molecule has 192 valence electrons. The summed E-state index contributed by atoms with van der Waals surface area (Å²) in [6.45, 7) is 3.53. The van der Waals surface area contributed by atoms with E-state index in [1.165, 1.54) is 19.3 Å². The van der Waals surface area contributed by atoms with Gasteiger partial charge in [-0.25, -0.2) is 14.4 Å². The highest BCUT2D eigenvalue weighted by Gasteiger charge is 2.34. The average Bonchev–Trinajstić information content (AvgIpc) is 3.59. The van der Waals surface area contributed by atoms with Crippen molar-refractivity contribution in [2.75, 3.05) is 24.5 Å². The van der Waals surface area contributed by atoms with Crippen LogP contribution in [0, 0.1) is 5.92 Å². The molecule has 1 saturated carbocycles. The molecule has 11 heteroatoms. The van der Waals surface area contributed by atoms with Crippen molar-refractivity contribution in [3.63, 3.8) is 0 Å². The van der Waals surface area contributed by atoms with E-state index in [2.05, 4.69) is 19.9 Å². The van der Waals surface area contributed by atoms with Crippen LogP contribution in [0.25, 0.3) is 11.0 Å². The van der Waals surface area contributed by atoms with Crippen molar-refractivity contribution < 1.29 is 22.4 Å². The fourth-order valence-corrected chi connectivity index (χ4v) is 4.92. The van der Waals surface area contributed by atoms with Gasteiger partial charge in [-0.2, -0.15) is 13.2 Å². The van der Waals surface area contributed by atoms with E-state index in [0.29, 0.717) is 43.2 Å². The highest BCUT2D eigenvalue weighted by molar-refractivity contribution is 5.88. The highest BCUT2D eigenvalue weighted by Crippen LogP contribution is 2.36. The largest absolute Gasteiger partial charge is 0.417 e. The molecule has 4 heterocycles. The molecule has 1 saturated heterocycles. The summed E-state index contributed by atoms with van der Waals surface area (Å²) in [5.74, 6) is 0.558. The van der Waals surface area contributed by atoms with E-state index >= 15 is 0 Å². The Hall–Kier alpha value is -3.08. The highest BCUT2D eigenvalue weighted by atomic mass is 19.4. The summed E-state index contributed by atoms with van der Waals surface area (Å²) >= 11 is 0. The Morgan fingerprint density at radius 2 is 1.94 bits per heavy atom. The van der Waals surface area contributed by atoms with Gasteiger partial charge in [-0.3, -0.25) is 14.7 Å². The van der Waals surface area contributed by atoms with E-state index in [9.17, 15) is 22.4 Å². The number of carbonyl (C=O) groups is 1. The van der Waals surface area contributed by atoms with Crippen LogP contribution in [0.3, 0.4) is 0 Å². The van der Waals surface area contributed by atoms with Gasteiger partial charge in [0.05, 0.1) is 29.7 Å². The second-order valence-electron chi connectivity index (χ2n) is 9.80. The number of ketones is 1. The van der Waals surface area contributed by atoms with Gasteiger partial charge in [0.1, 0.15) is 29.7 Å². The van der Waals surface area contributed by atoms with Crippen molar-refractivity contribution in [3.05, 3.63) is 48.2 Å². The van der Waals surface area contributed by atoms with Crippen LogP contribution >= 0.6 is 0 Å². The number of nitrogens with zero attached hydrogens (tertiary/aromatic N) is 6. The van der Waals surface area contributed by atoms with Crippen LogP contribution in [0.5, 0.6) is 0 Å². The van der Waals surface area contributed by atoms with Crippen molar-refractivity contribution in [2.45, 2.75) is 57.7 Å². The monoisotopic (exact) mass is 504 g/mol. The number of alkyl halides is 4. The third-order valence-electron chi connectivity index (χ3n) is 6.92. The fraction of sp³-hybridized carbons (Fsp3) is 0.520. The molecule has 1 aliphatic heterocycles. The third kappa shape index (κ3) is 5.35. The normalized spacial score (nSPS) is 21.1. The number of hydrogen-bond donors (Lipinski definition) is 0. The number of rotatable bonds is 8. The Bertz CT molecular complexity index is 1220. The maximum Gasteiger partial charge on any atom is 0.417 e. The first-order valence-corrected chi connectivity index (χ1v) is 12.1. The first-order chi connectivity index (χ1) is 17.2. The Morgan fingerprint density at radius 3 is 2.58 bits per heavy atom. The Kier molecular flexibility index (Phi) is 6.67. The van der Waals surface area contributed by atoms with Gasteiger partial charge in [0, 0.05) is 37.4 Å². The van der Waals surface area contributed by atoms with E-state index in [1.807, 2.05) is 21.7 Å². The second-order valence-corrected chi connectivity index (χ2v) is 9.80. The standard InChI is InChI=1S/C25H28F4N6O/c1-16(36)11-33-8-6-17(22(26)14-33)12-34-9-7-21-23(34)31-15-32-24(21)35(20-4-5-20)13-19-3-2-18(10-30-19)25(27,28)29/h2-3,7,9-10,15,17,20,22H,4-6,8,11-14H2,1H3. The molecule has 2 unspecified atom stereocenters. The molecule has 0 bridgehead atoms. The zero-order valence-corrected chi connectivity index (χ0v) is 20.0. The van der Waals surface area contributed by atoms with E-state index in [-0.39, 0.29) is 30.8 Å². The smallest absolute Gasteiger partial charge is 0.347 e. The number of fused-ring (bicyclic) bond motifs is 1. The summed E-state index contributed by atoms with van der Waals surface area (Å²) in [6.07, 6.45) is 1.36. The molecule has 0 aromatic carbocycles. The lowest BCUT2D eigenvalue weighted by molar-refractivity contribution is -0.137. The molecule has 3 aromatic rings.